The molecule has 0 unspecified atom stereocenters. The first-order chi connectivity index (χ1) is 4.33. The summed E-state index contributed by atoms with van der Waals surface area (Å²) in [5, 5.41) is 0. The summed E-state index contributed by atoms with van der Waals surface area (Å²) in [4.78, 5) is 9.23. The number of carbonyl (C=O) groups excluding carboxylic acids is 1. The number of hydrogen-bond acceptors (Lipinski definition) is 1. The molecule has 0 N–H and O–H groups in total. The molecule has 0 saturated heterocycles. The molecular formula is C8H14O. The maximum Gasteiger partial charge on any atom is 0.192 e. The summed E-state index contributed by atoms with van der Waals surface area (Å²) in [5.74, 6) is 4.58. The third kappa shape index (κ3) is 39.8. The minimum atomic E-state index is 0.569. The third-order valence-electron chi connectivity index (χ3n) is 0.703. The van der Waals surface area contributed by atoms with Gasteiger partial charge in [0, 0.05) is 0 Å². The zero-order valence-electron chi connectivity index (χ0n) is 6.40. The lowest BCUT2D eigenvalue weighted by molar-refractivity contribution is -0.103. The first kappa shape index (κ1) is 11.1. The summed E-state index contributed by atoms with van der Waals surface area (Å²) < 4.78 is 0. The van der Waals surface area contributed by atoms with Crippen LogP contribution in [0.1, 0.15) is 33.6 Å². The number of unbranched alkanes of at least 4 members (excludes halogenated alkanes) is 1. The highest BCUT2D eigenvalue weighted by molar-refractivity contribution is 5.72. The summed E-state index contributed by atoms with van der Waals surface area (Å²) in [6.45, 7) is 5.98. The van der Waals surface area contributed by atoms with Gasteiger partial charge in [-0.1, -0.05) is 32.6 Å². The molecule has 0 fully saturated rings. The van der Waals surface area contributed by atoms with Crippen molar-refractivity contribution in [3.05, 3.63) is 0 Å². The number of hydrogen-bond donors (Lipinski definition) is 0. The summed E-state index contributed by atoms with van der Waals surface area (Å²) in [6.07, 6.45) is 3.21. The lowest BCUT2D eigenvalue weighted by Gasteiger charge is -1.68. The smallest absolute Gasteiger partial charge is 0.192 e. The van der Waals surface area contributed by atoms with Crippen LogP contribution in [0.25, 0.3) is 0 Å². The van der Waals surface area contributed by atoms with Crippen LogP contribution in [-0.2, 0) is 4.79 Å². The molecule has 0 bridgehead atoms. The van der Waals surface area contributed by atoms with Crippen molar-refractivity contribution in [2.45, 2.75) is 33.6 Å². The molecule has 52 valence electrons. The van der Waals surface area contributed by atoms with Gasteiger partial charge in [0.15, 0.2) is 6.29 Å². The maximum absolute atomic E-state index is 9.23. The van der Waals surface area contributed by atoms with Crippen LogP contribution < -0.4 is 0 Å². The van der Waals surface area contributed by atoms with Crippen molar-refractivity contribution in [2.24, 2.45) is 0 Å². The lowest BCUT2D eigenvalue weighted by Crippen LogP contribution is -1.51. The molecule has 0 spiro atoms. The van der Waals surface area contributed by atoms with Crippen molar-refractivity contribution in [2.75, 3.05) is 0 Å². The molecule has 1 nitrogen and oxygen atoms in total. The number of carbonyl (C=O) groups is 1. The predicted octanol–water partition coefficient (Wildman–Crippen LogP) is 2.02. The molecule has 0 radical (unpaired) electrons. The minimum Gasteiger partial charge on any atom is -0.289 e. The van der Waals surface area contributed by atoms with E-state index in [1.54, 1.807) is 6.92 Å². The normalized spacial score (nSPS) is 5.67. The van der Waals surface area contributed by atoms with Crippen molar-refractivity contribution in [1.29, 1.82) is 0 Å². The highest BCUT2D eigenvalue weighted by atomic mass is 16.1. The summed E-state index contributed by atoms with van der Waals surface area (Å²) in [7, 11) is 0. The molecule has 0 aliphatic rings. The molecule has 0 aromatic heterocycles. The molecular weight excluding hydrogens is 112 g/mol. The van der Waals surface area contributed by atoms with Crippen LogP contribution in [0.15, 0.2) is 0 Å². The van der Waals surface area contributed by atoms with Crippen LogP contribution in [-0.4, -0.2) is 6.29 Å². The summed E-state index contributed by atoms with van der Waals surface area (Å²) >= 11 is 0. The van der Waals surface area contributed by atoms with E-state index in [4.69, 9.17) is 0 Å². The van der Waals surface area contributed by atoms with E-state index in [0.717, 1.165) is 0 Å². The molecule has 0 heterocycles. The Morgan fingerprint density at radius 3 is 1.78 bits per heavy atom. The summed E-state index contributed by atoms with van der Waals surface area (Å²) in [5.41, 5.74) is 0. The van der Waals surface area contributed by atoms with E-state index in [0.29, 0.717) is 6.29 Å². The van der Waals surface area contributed by atoms with E-state index >= 15 is 0 Å². The van der Waals surface area contributed by atoms with Gasteiger partial charge in [-0.15, -0.1) is 0 Å². The fraction of sp³-hybridized carbons (Fsp3) is 0.625. The molecule has 0 aliphatic carbocycles. The molecule has 9 heavy (non-hydrogen) atoms. The highest BCUT2D eigenvalue weighted by Gasteiger charge is 1.56. The van der Waals surface area contributed by atoms with Crippen LogP contribution >= 0.6 is 0 Å². The van der Waals surface area contributed by atoms with Gasteiger partial charge in [0.2, 0.25) is 0 Å². The second kappa shape index (κ2) is 15.7. The second-order valence-electron chi connectivity index (χ2n) is 1.51. The topological polar surface area (TPSA) is 17.1 Å². The number of rotatable bonds is 1. The molecule has 0 rings (SSSR count). The molecule has 0 aliphatic heterocycles. The van der Waals surface area contributed by atoms with Crippen LogP contribution in [0.2, 0.25) is 0 Å². The largest absolute Gasteiger partial charge is 0.289 e. The average Bonchev–Trinajstić information content (AvgIpc) is 1.91. The van der Waals surface area contributed by atoms with E-state index in [2.05, 4.69) is 25.7 Å². The first-order valence-electron chi connectivity index (χ1n) is 3.19. The van der Waals surface area contributed by atoms with Gasteiger partial charge in [-0.2, -0.15) is 0 Å². The van der Waals surface area contributed by atoms with Gasteiger partial charge in [0.25, 0.3) is 0 Å². The van der Waals surface area contributed by atoms with Gasteiger partial charge >= 0.3 is 0 Å². The Morgan fingerprint density at radius 2 is 1.78 bits per heavy atom. The van der Waals surface area contributed by atoms with E-state index < -0.39 is 0 Å². The Hall–Kier alpha value is -0.770. The van der Waals surface area contributed by atoms with Crippen molar-refractivity contribution >= 4 is 6.29 Å². The predicted molar refractivity (Wildman–Crippen MR) is 40.1 cm³/mol. The monoisotopic (exact) mass is 126 g/mol. The van der Waals surface area contributed by atoms with E-state index in [1.807, 2.05) is 0 Å². The Balaban J connectivity index is 0. The third-order valence-corrected chi connectivity index (χ3v) is 0.703. The average molecular weight is 126 g/mol. The Bertz CT molecular complexity index is 92.9. The quantitative estimate of drug-likeness (QED) is 0.388. The van der Waals surface area contributed by atoms with Crippen molar-refractivity contribution in [1.82, 2.24) is 0 Å². The molecule has 0 amide bonds. The molecule has 0 saturated carbocycles. The van der Waals surface area contributed by atoms with Gasteiger partial charge in [-0.25, -0.2) is 0 Å². The van der Waals surface area contributed by atoms with Gasteiger partial charge < -0.3 is 0 Å². The fourth-order valence-electron chi connectivity index (χ4n) is 0.0589. The van der Waals surface area contributed by atoms with Crippen molar-refractivity contribution in [3.8, 4) is 11.8 Å². The van der Waals surface area contributed by atoms with Gasteiger partial charge in [0.1, 0.15) is 0 Å². The van der Waals surface area contributed by atoms with E-state index in [-0.39, 0.29) is 0 Å². The van der Waals surface area contributed by atoms with Gasteiger partial charge in [0.05, 0.1) is 0 Å². The minimum absolute atomic E-state index is 0.569. The SMILES string of the molecule is CC#CC=O.CCCC. The van der Waals surface area contributed by atoms with Crippen LogP contribution in [0, 0.1) is 11.8 Å². The standard InChI is InChI=1S/C4H4O.C4H10/c1-2-3-4-5;1-3-4-2/h4H,1H3;3-4H2,1-2H3. The zero-order chi connectivity index (χ0) is 7.54. The second-order valence-corrected chi connectivity index (χ2v) is 1.51. The first-order valence-corrected chi connectivity index (χ1v) is 3.19. The Kier molecular flexibility index (Phi) is 19.3. The molecule has 1 heteroatoms. The molecule has 0 aromatic rings. The highest BCUT2D eigenvalue weighted by Crippen LogP contribution is 1.76. The van der Waals surface area contributed by atoms with Crippen LogP contribution in [0.4, 0.5) is 0 Å². The fourth-order valence-corrected chi connectivity index (χ4v) is 0.0589. The Labute approximate surface area is 57.5 Å². The van der Waals surface area contributed by atoms with Crippen LogP contribution in [0.3, 0.4) is 0 Å². The van der Waals surface area contributed by atoms with Crippen molar-refractivity contribution in [3.63, 3.8) is 0 Å². The Morgan fingerprint density at radius 1 is 1.33 bits per heavy atom. The van der Waals surface area contributed by atoms with Gasteiger partial charge in [-0.3, -0.25) is 4.79 Å². The maximum atomic E-state index is 9.23. The van der Waals surface area contributed by atoms with Crippen LogP contribution in [0.5, 0.6) is 0 Å². The molecule has 0 aromatic carbocycles. The van der Waals surface area contributed by atoms with E-state index in [1.165, 1.54) is 12.8 Å². The summed E-state index contributed by atoms with van der Waals surface area (Å²) in [6, 6.07) is 0. The number of aldehydes is 1. The lowest BCUT2D eigenvalue weighted by atomic mass is 10.4. The van der Waals surface area contributed by atoms with Gasteiger partial charge in [-0.05, 0) is 12.8 Å². The zero-order valence-corrected chi connectivity index (χ0v) is 6.40. The molecule has 0 atom stereocenters. The van der Waals surface area contributed by atoms with Crippen molar-refractivity contribution < 1.29 is 4.79 Å². The van der Waals surface area contributed by atoms with E-state index in [9.17, 15) is 4.79 Å².